The third-order valence-electron chi connectivity index (χ3n) is 2.94. The molecule has 94 valence electrons. The number of nitrogens with zero attached hydrogens (tertiary/aromatic N) is 1. The van der Waals surface area contributed by atoms with Crippen LogP contribution >= 0.6 is 0 Å². The van der Waals surface area contributed by atoms with Crippen LogP contribution in [0.3, 0.4) is 0 Å². The summed E-state index contributed by atoms with van der Waals surface area (Å²) in [5.74, 6) is -0.324. The second-order valence-electron chi connectivity index (χ2n) is 4.53. The van der Waals surface area contributed by atoms with Gasteiger partial charge in [-0.25, -0.2) is 4.39 Å². The number of anilines is 1. The number of nitrogens with two attached hydrogens (primary N) is 1. The van der Waals surface area contributed by atoms with Crippen LogP contribution < -0.4 is 5.73 Å². The van der Waals surface area contributed by atoms with E-state index in [9.17, 15) is 9.50 Å². The molecule has 0 fully saturated rings. The standard InChI is InChI=1S/C14H15FN2O/c1-14(18,11-2-4-12(15)5-3-11)8-10-9-17-7-6-13(10)16/h2-7,9,18H,8H2,1H3,(H2,16,17). The van der Waals surface area contributed by atoms with Crippen LogP contribution in [-0.4, -0.2) is 10.1 Å². The normalized spacial score (nSPS) is 14.2. The van der Waals surface area contributed by atoms with E-state index >= 15 is 0 Å². The molecule has 0 aliphatic rings. The summed E-state index contributed by atoms with van der Waals surface area (Å²) in [6.07, 6.45) is 3.57. The first-order chi connectivity index (χ1) is 8.49. The van der Waals surface area contributed by atoms with Crippen molar-refractivity contribution in [2.45, 2.75) is 18.9 Å². The van der Waals surface area contributed by atoms with Crippen LogP contribution in [0.4, 0.5) is 10.1 Å². The van der Waals surface area contributed by atoms with Crippen molar-refractivity contribution < 1.29 is 9.50 Å². The van der Waals surface area contributed by atoms with Crippen LogP contribution in [0.5, 0.6) is 0 Å². The van der Waals surface area contributed by atoms with Gasteiger partial charge < -0.3 is 10.8 Å². The van der Waals surface area contributed by atoms with Crippen molar-refractivity contribution in [3.8, 4) is 0 Å². The molecule has 1 unspecified atom stereocenters. The smallest absolute Gasteiger partial charge is 0.123 e. The molecule has 0 amide bonds. The zero-order valence-electron chi connectivity index (χ0n) is 10.1. The van der Waals surface area contributed by atoms with Gasteiger partial charge in [0.05, 0.1) is 5.60 Å². The Morgan fingerprint density at radius 1 is 1.28 bits per heavy atom. The molecule has 3 N–H and O–H groups in total. The van der Waals surface area contributed by atoms with Crippen molar-refractivity contribution in [2.24, 2.45) is 0 Å². The van der Waals surface area contributed by atoms with E-state index in [2.05, 4.69) is 4.98 Å². The Kier molecular flexibility index (Phi) is 3.30. The summed E-state index contributed by atoms with van der Waals surface area (Å²) < 4.78 is 12.9. The van der Waals surface area contributed by atoms with Gasteiger partial charge in [-0.05, 0) is 36.2 Å². The number of hydrogen-bond donors (Lipinski definition) is 2. The number of hydrogen-bond acceptors (Lipinski definition) is 3. The summed E-state index contributed by atoms with van der Waals surface area (Å²) in [5.41, 5.74) is 6.72. The van der Waals surface area contributed by atoms with Gasteiger partial charge in [-0.15, -0.1) is 0 Å². The topological polar surface area (TPSA) is 59.1 Å². The molecule has 2 aromatic rings. The molecule has 2 rings (SSSR count). The van der Waals surface area contributed by atoms with E-state index in [1.807, 2.05) is 0 Å². The highest BCUT2D eigenvalue weighted by Gasteiger charge is 2.24. The van der Waals surface area contributed by atoms with E-state index in [0.29, 0.717) is 17.7 Å². The second kappa shape index (κ2) is 4.74. The molecule has 0 bridgehead atoms. The minimum absolute atomic E-state index is 0.324. The highest BCUT2D eigenvalue weighted by Crippen LogP contribution is 2.27. The monoisotopic (exact) mass is 246 g/mol. The fraction of sp³-hybridized carbons (Fsp3) is 0.214. The Labute approximate surface area is 105 Å². The molecule has 1 heterocycles. The van der Waals surface area contributed by atoms with E-state index in [-0.39, 0.29) is 5.82 Å². The maximum atomic E-state index is 12.9. The Balaban J connectivity index is 2.27. The van der Waals surface area contributed by atoms with Gasteiger partial charge >= 0.3 is 0 Å². The first kappa shape index (κ1) is 12.5. The summed E-state index contributed by atoms with van der Waals surface area (Å²) in [6, 6.07) is 7.49. The van der Waals surface area contributed by atoms with Gasteiger partial charge in [0.2, 0.25) is 0 Å². The average molecular weight is 246 g/mol. The first-order valence-electron chi connectivity index (χ1n) is 5.66. The van der Waals surface area contributed by atoms with Gasteiger partial charge in [0.25, 0.3) is 0 Å². The molecule has 3 nitrogen and oxygen atoms in total. The number of rotatable bonds is 3. The Morgan fingerprint density at radius 3 is 2.56 bits per heavy atom. The number of aliphatic hydroxyl groups is 1. The molecule has 0 saturated carbocycles. The maximum absolute atomic E-state index is 12.9. The molecule has 18 heavy (non-hydrogen) atoms. The van der Waals surface area contributed by atoms with Crippen LogP contribution in [0.2, 0.25) is 0 Å². The van der Waals surface area contributed by atoms with E-state index in [1.54, 1.807) is 37.5 Å². The van der Waals surface area contributed by atoms with Gasteiger partial charge in [0.1, 0.15) is 5.82 Å². The van der Waals surface area contributed by atoms with E-state index in [1.165, 1.54) is 12.1 Å². The highest BCUT2D eigenvalue weighted by atomic mass is 19.1. The van der Waals surface area contributed by atoms with Gasteiger partial charge in [-0.1, -0.05) is 12.1 Å². The van der Waals surface area contributed by atoms with Gasteiger partial charge in [0.15, 0.2) is 0 Å². The van der Waals surface area contributed by atoms with Gasteiger partial charge in [0, 0.05) is 24.5 Å². The summed E-state index contributed by atoms with van der Waals surface area (Å²) in [6.45, 7) is 1.67. The maximum Gasteiger partial charge on any atom is 0.123 e. The van der Waals surface area contributed by atoms with Crippen LogP contribution in [0.15, 0.2) is 42.7 Å². The zero-order chi connectivity index (χ0) is 13.2. The lowest BCUT2D eigenvalue weighted by Gasteiger charge is -2.24. The lowest BCUT2D eigenvalue weighted by atomic mass is 9.89. The predicted octanol–water partition coefficient (Wildman–Crippen LogP) is 2.25. The fourth-order valence-electron chi connectivity index (χ4n) is 1.87. The molecule has 0 aliphatic heterocycles. The van der Waals surface area contributed by atoms with Crippen molar-refractivity contribution in [2.75, 3.05) is 5.73 Å². The van der Waals surface area contributed by atoms with E-state index < -0.39 is 5.60 Å². The lowest BCUT2D eigenvalue weighted by molar-refractivity contribution is 0.0576. The van der Waals surface area contributed by atoms with Crippen molar-refractivity contribution in [1.29, 1.82) is 0 Å². The first-order valence-corrected chi connectivity index (χ1v) is 5.66. The lowest BCUT2D eigenvalue weighted by Crippen LogP contribution is -2.24. The molecular weight excluding hydrogens is 231 g/mol. The number of pyridine rings is 1. The molecule has 1 atom stereocenters. The number of nitrogen functional groups attached to an aromatic ring is 1. The van der Waals surface area contributed by atoms with E-state index in [4.69, 9.17) is 5.73 Å². The van der Waals surface area contributed by atoms with Crippen LogP contribution in [0.1, 0.15) is 18.1 Å². The Hall–Kier alpha value is -1.94. The fourth-order valence-corrected chi connectivity index (χ4v) is 1.87. The summed E-state index contributed by atoms with van der Waals surface area (Å²) in [7, 11) is 0. The van der Waals surface area contributed by atoms with E-state index in [0.717, 1.165) is 5.56 Å². The Bertz CT molecular complexity index is 538. The summed E-state index contributed by atoms with van der Waals surface area (Å²) in [4.78, 5) is 3.99. The van der Waals surface area contributed by atoms with Crippen molar-refractivity contribution in [3.05, 3.63) is 59.7 Å². The van der Waals surface area contributed by atoms with Crippen LogP contribution in [-0.2, 0) is 12.0 Å². The average Bonchev–Trinajstić information content (AvgIpc) is 2.32. The minimum Gasteiger partial charge on any atom is -0.398 e. The molecule has 1 aromatic carbocycles. The molecule has 0 radical (unpaired) electrons. The third kappa shape index (κ3) is 2.65. The zero-order valence-corrected chi connectivity index (χ0v) is 10.1. The molecule has 4 heteroatoms. The highest BCUT2D eigenvalue weighted by molar-refractivity contribution is 5.45. The largest absolute Gasteiger partial charge is 0.398 e. The summed E-state index contributed by atoms with van der Waals surface area (Å²) in [5, 5.41) is 10.4. The van der Waals surface area contributed by atoms with Gasteiger partial charge in [-0.2, -0.15) is 0 Å². The Morgan fingerprint density at radius 2 is 1.94 bits per heavy atom. The molecule has 0 spiro atoms. The van der Waals surface area contributed by atoms with Crippen molar-refractivity contribution in [3.63, 3.8) is 0 Å². The molecule has 0 aliphatic carbocycles. The number of halogens is 1. The van der Waals surface area contributed by atoms with Crippen LogP contribution in [0.25, 0.3) is 0 Å². The van der Waals surface area contributed by atoms with Gasteiger partial charge in [-0.3, -0.25) is 4.98 Å². The SMILES string of the molecule is CC(O)(Cc1cnccc1N)c1ccc(F)cc1. The van der Waals surface area contributed by atoms with Crippen molar-refractivity contribution >= 4 is 5.69 Å². The summed E-state index contributed by atoms with van der Waals surface area (Å²) >= 11 is 0. The second-order valence-corrected chi connectivity index (χ2v) is 4.53. The minimum atomic E-state index is -1.11. The molecule has 1 aromatic heterocycles. The number of benzene rings is 1. The van der Waals surface area contributed by atoms with Crippen molar-refractivity contribution in [1.82, 2.24) is 4.98 Å². The predicted molar refractivity (Wildman–Crippen MR) is 68.3 cm³/mol. The molecule has 0 saturated heterocycles. The number of aromatic nitrogens is 1. The van der Waals surface area contributed by atoms with Crippen LogP contribution in [0, 0.1) is 5.82 Å². The quantitative estimate of drug-likeness (QED) is 0.873. The molecular formula is C14H15FN2O. The third-order valence-corrected chi connectivity index (χ3v) is 2.94.